The van der Waals surface area contributed by atoms with Gasteiger partial charge < -0.3 is 25.4 Å². The Labute approximate surface area is 174 Å². The highest BCUT2D eigenvalue weighted by Gasteiger charge is 2.14. The van der Waals surface area contributed by atoms with Crippen LogP contribution in [0.2, 0.25) is 0 Å². The molecule has 1 heterocycles. The normalized spacial score (nSPS) is 16.0. The number of nitrogens with one attached hydrogen (secondary N) is 1. The molecule has 1 fully saturated rings. The highest BCUT2D eigenvalue weighted by atomic mass is 127. The molecule has 1 aromatic rings. The molecule has 2 rings (SSSR count). The van der Waals surface area contributed by atoms with Gasteiger partial charge in [-0.3, -0.25) is 0 Å². The molecule has 0 unspecified atom stereocenters. The molecular formula is C19H33IN4O2. The number of hydrogen-bond acceptors (Lipinski definition) is 4. The van der Waals surface area contributed by atoms with Gasteiger partial charge in [0.15, 0.2) is 17.5 Å². The molecule has 6 nitrogen and oxygen atoms in total. The van der Waals surface area contributed by atoms with Gasteiger partial charge in [-0.2, -0.15) is 0 Å². The van der Waals surface area contributed by atoms with Gasteiger partial charge in [0.2, 0.25) is 0 Å². The number of likely N-dealkylation sites (tertiary alicyclic amines) is 1. The lowest BCUT2D eigenvalue weighted by Crippen LogP contribution is -2.37. The summed E-state index contributed by atoms with van der Waals surface area (Å²) in [4.78, 5) is 6.93. The molecule has 3 N–H and O–H groups in total. The SMILES string of the molecule is COc1ccc(CN=C(N)NCCCN2CCC(C)CC2)cc1OC.I. The van der Waals surface area contributed by atoms with E-state index in [2.05, 4.69) is 22.1 Å². The minimum Gasteiger partial charge on any atom is -0.493 e. The summed E-state index contributed by atoms with van der Waals surface area (Å²) in [5.74, 6) is 2.79. The molecule has 0 spiro atoms. The van der Waals surface area contributed by atoms with Crippen LogP contribution in [-0.2, 0) is 6.54 Å². The highest BCUT2D eigenvalue weighted by molar-refractivity contribution is 14.0. The van der Waals surface area contributed by atoms with E-state index < -0.39 is 0 Å². The summed E-state index contributed by atoms with van der Waals surface area (Å²) in [5, 5.41) is 3.20. The van der Waals surface area contributed by atoms with Gasteiger partial charge in [-0.15, -0.1) is 24.0 Å². The zero-order chi connectivity index (χ0) is 18.1. The smallest absolute Gasteiger partial charge is 0.188 e. The topological polar surface area (TPSA) is 72.1 Å². The van der Waals surface area contributed by atoms with Crippen LogP contribution in [0.5, 0.6) is 11.5 Å². The third-order valence-electron chi connectivity index (χ3n) is 4.71. The summed E-state index contributed by atoms with van der Waals surface area (Å²) in [6.07, 6.45) is 3.73. The Morgan fingerprint density at radius 3 is 2.58 bits per heavy atom. The second-order valence-electron chi connectivity index (χ2n) is 6.70. The quantitative estimate of drug-likeness (QED) is 0.261. The van der Waals surface area contributed by atoms with E-state index in [4.69, 9.17) is 15.2 Å². The molecule has 1 aromatic carbocycles. The van der Waals surface area contributed by atoms with Crippen LogP contribution in [0.3, 0.4) is 0 Å². The minimum absolute atomic E-state index is 0. The van der Waals surface area contributed by atoms with E-state index in [1.807, 2.05) is 18.2 Å². The fourth-order valence-electron chi connectivity index (χ4n) is 3.02. The predicted molar refractivity (Wildman–Crippen MR) is 118 cm³/mol. The number of hydrogen-bond donors (Lipinski definition) is 2. The Bertz CT molecular complexity index is 560. The molecule has 0 aliphatic carbocycles. The van der Waals surface area contributed by atoms with Gasteiger partial charge in [-0.25, -0.2) is 4.99 Å². The average molecular weight is 476 g/mol. The Hall–Kier alpha value is -1.22. The van der Waals surface area contributed by atoms with Gasteiger partial charge >= 0.3 is 0 Å². The zero-order valence-corrected chi connectivity index (χ0v) is 18.5. The van der Waals surface area contributed by atoms with Crippen molar-refractivity contribution in [1.82, 2.24) is 10.2 Å². The van der Waals surface area contributed by atoms with Gasteiger partial charge in [0.1, 0.15) is 0 Å². The molecule has 1 aliphatic rings. The second-order valence-corrected chi connectivity index (χ2v) is 6.70. The first-order chi connectivity index (χ1) is 12.1. The van der Waals surface area contributed by atoms with Crippen molar-refractivity contribution in [3.05, 3.63) is 23.8 Å². The zero-order valence-electron chi connectivity index (χ0n) is 16.2. The maximum atomic E-state index is 5.95. The maximum Gasteiger partial charge on any atom is 0.188 e. The van der Waals surface area contributed by atoms with E-state index in [1.165, 1.54) is 25.9 Å². The molecule has 1 saturated heterocycles. The molecule has 0 amide bonds. The lowest BCUT2D eigenvalue weighted by molar-refractivity contribution is 0.191. The first-order valence-electron chi connectivity index (χ1n) is 9.09. The Balaban J connectivity index is 0.00000338. The van der Waals surface area contributed by atoms with E-state index in [0.717, 1.165) is 31.0 Å². The minimum atomic E-state index is 0. The monoisotopic (exact) mass is 476 g/mol. The fraction of sp³-hybridized carbons (Fsp3) is 0.632. The van der Waals surface area contributed by atoms with Gasteiger partial charge in [-0.05, 0) is 62.5 Å². The number of guanidine groups is 1. The van der Waals surface area contributed by atoms with E-state index >= 15 is 0 Å². The largest absolute Gasteiger partial charge is 0.493 e. The lowest BCUT2D eigenvalue weighted by atomic mass is 9.99. The molecule has 0 bridgehead atoms. The van der Waals surface area contributed by atoms with Crippen molar-refractivity contribution in [3.8, 4) is 11.5 Å². The third kappa shape index (κ3) is 7.57. The van der Waals surface area contributed by atoms with Crippen LogP contribution < -0.4 is 20.5 Å². The number of aliphatic imine (C=N–C) groups is 1. The average Bonchev–Trinajstić information content (AvgIpc) is 2.64. The van der Waals surface area contributed by atoms with Crippen molar-refractivity contribution < 1.29 is 9.47 Å². The van der Waals surface area contributed by atoms with Crippen LogP contribution >= 0.6 is 24.0 Å². The van der Waals surface area contributed by atoms with Crippen LogP contribution in [0, 0.1) is 5.92 Å². The van der Waals surface area contributed by atoms with Crippen molar-refractivity contribution in [1.29, 1.82) is 0 Å². The summed E-state index contributed by atoms with van der Waals surface area (Å²) in [6.45, 7) is 7.29. The number of benzene rings is 1. The van der Waals surface area contributed by atoms with Crippen LogP contribution in [0.15, 0.2) is 23.2 Å². The predicted octanol–water partition coefficient (Wildman–Crippen LogP) is 2.85. The van der Waals surface area contributed by atoms with Crippen molar-refractivity contribution in [2.75, 3.05) is 40.4 Å². The number of nitrogens with two attached hydrogens (primary N) is 1. The van der Waals surface area contributed by atoms with Crippen molar-refractivity contribution in [2.45, 2.75) is 32.7 Å². The van der Waals surface area contributed by atoms with Crippen molar-refractivity contribution in [3.63, 3.8) is 0 Å². The van der Waals surface area contributed by atoms with E-state index in [-0.39, 0.29) is 24.0 Å². The number of halogens is 1. The molecule has 1 aliphatic heterocycles. The Morgan fingerprint density at radius 2 is 1.92 bits per heavy atom. The van der Waals surface area contributed by atoms with E-state index in [0.29, 0.717) is 24.0 Å². The van der Waals surface area contributed by atoms with Gasteiger partial charge in [0.25, 0.3) is 0 Å². The Morgan fingerprint density at radius 1 is 1.23 bits per heavy atom. The number of methoxy groups -OCH3 is 2. The number of rotatable bonds is 8. The van der Waals surface area contributed by atoms with Crippen molar-refractivity contribution in [2.24, 2.45) is 16.6 Å². The molecule has 7 heteroatoms. The summed E-state index contributed by atoms with van der Waals surface area (Å²) < 4.78 is 10.5. The second kappa shape index (κ2) is 12.2. The lowest BCUT2D eigenvalue weighted by Gasteiger charge is -2.30. The molecule has 0 aromatic heterocycles. The summed E-state index contributed by atoms with van der Waals surface area (Å²) in [6, 6.07) is 5.77. The van der Waals surface area contributed by atoms with Crippen LogP contribution in [-0.4, -0.2) is 51.3 Å². The van der Waals surface area contributed by atoms with Gasteiger partial charge in [-0.1, -0.05) is 13.0 Å². The number of ether oxygens (including phenoxy) is 2. The molecule has 0 saturated carbocycles. The maximum absolute atomic E-state index is 5.95. The molecule has 0 radical (unpaired) electrons. The van der Waals surface area contributed by atoms with Gasteiger partial charge in [0, 0.05) is 6.54 Å². The highest BCUT2D eigenvalue weighted by Crippen LogP contribution is 2.27. The fourth-order valence-corrected chi connectivity index (χ4v) is 3.02. The van der Waals surface area contributed by atoms with Crippen molar-refractivity contribution >= 4 is 29.9 Å². The number of piperidine rings is 1. The molecular weight excluding hydrogens is 443 g/mol. The van der Waals surface area contributed by atoms with Crippen LogP contribution in [0.1, 0.15) is 31.7 Å². The van der Waals surface area contributed by atoms with Crippen LogP contribution in [0.4, 0.5) is 0 Å². The number of nitrogens with zero attached hydrogens (tertiary/aromatic N) is 2. The first kappa shape index (κ1) is 22.8. The third-order valence-corrected chi connectivity index (χ3v) is 4.71. The molecule has 148 valence electrons. The summed E-state index contributed by atoms with van der Waals surface area (Å²) in [7, 11) is 3.26. The van der Waals surface area contributed by atoms with Crippen LogP contribution in [0.25, 0.3) is 0 Å². The molecule has 0 atom stereocenters. The Kier molecular flexibility index (Phi) is 10.7. The summed E-state index contributed by atoms with van der Waals surface area (Å²) >= 11 is 0. The summed E-state index contributed by atoms with van der Waals surface area (Å²) in [5.41, 5.74) is 6.99. The standard InChI is InChI=1S/C19H32N4O2.HI/c1-15-7-11-23(12-8-15)10-4-9-21-19(20)22-14-16-5-6-17(24-2)18(13-16)25-3;/h5-6,13,15H,4,7-12,14H2,1-3H3,(H3,20,21,22);1H. The molecule has 26 heavy (non-hydrogen) atoms. The van der Waals surface area contributed by atoms with E-state index in [1.54, 1.807) is 14.2 Å². The first-order valence-corrected chi connectivity index (χ1v) is 9.09. The van der Waals surface area contributed by atoms with E-state index in [9.17, 15) is 0 Å². The van der Waals surface area contributed by atoms with Gasteiger partial charge in [0.05, 0.1) is 20.8 Å².